The monoisotopic (exact) mass is 456 g/mol. The third-order valence-corrected chi connectivity index (χ3v) is 6.56. The number of H-pyrrole nitrogens is 1. The van der Waals surface area contributed by atoms with Crippen LogP contribution in [0.3, 0.4) is 0 Å². The standard InChI is InChI=1S/C30H33FN2O/c1-20-6-15-28-24(16-20)17-25(29(34)32-28)19-33(21(2)23-9-13-27(31)14-10-23)18-22-7-11-26(12-8-22)30(3,4)5/h6-17,21H,18-19H2,1-5H3,(H,32,34)/t21-/m0/s1. The fourth-order valence-electron chi connectivity index (χ4n) is 4.33. The molecule has 1 atom stereocenters. The van der Waals surface area contributed by atoms with Crippen LogP contribution in [0.4, 0.5) is 4.39 Å². The van der Waals surface area contributed by atoms with E-state index in [0.717, 1.165) is 27.6 Å². The summed E-state index contributed by atoms with van der Waals surface area (Å²) in [6, 6.07) is 23.4. The Bertz CT molecular complexity index is 1330. The minimum absolute atomic E-state index is 0.00417. The van der Waals surface area contributed by atoms with E-state index in [-0.39, 0.29) is 22.8 Å². The Balaban J connectivity index is 1.68. The second-order valence-electron chi connectivity index (χ2n) is 10.3. The van der Waals surface area contributed by atoms with Gasteiger partial charge in [0.25, 0.3) is 5.56 Å². The topological polar surface area (TPSA) is 36.1 Å². The van der Waals surface area contributed by atoms with Crippen molar-refractivity contribution >= 4 is 10.9 Å². The largest absolute Gasteiger partial charge is 0.322 e. The van der Waals surface area contributed by atoms with Crippen LogP contribution in [-0.2, 0) is 18.5 Å². The molecule has 0 saturated heterocycles. The van der Waals surface area contributed by atoms with Gasteiger partial charge in [-0.15, -0.1) is 0 Å². The van der Waals surface area contributed by atoms with Gasteiger partial charge in [0, 0.05) is 30.2 Å². The molecule has 0 unspecified atom stereocenters. The highest BCUT2D eigenvalue weighted by Gasteiger charge is 2.20. The van der Waals surface area contributed by atoms with Crippen molar-refractivity contribution < 1.29 is 4.39 Å². The lowest BCUT2D eigenvalue weighted by Gasteiger charge is -2.30. The van der Waals surface area contributed by atoms with Gasteiger partial charge in [-0.05, 0) is 71.7 Å². The third kappa shape index (κ3) is 5.45. The van der Waals surface area contributed by atoms with E-state index in [2.05, 4.69) is 67.9 Å². The maximum absolute atomic E-state index is 13.6. The van der Waals surface area contributed by atoms with Crippen LogP contribution in [0.5, 0.6) is 0 Å². The Morgan fingerprint density at radius 2 is 1.59 bits per heavy atom. The molecule has 0 aliphatic heterocycles. The first-order valence-electron chi connectivity index (χ1n) is 11.8. The molecule has 34 heavy (non-hydrogen) atoms. The van der Waals surface area contributed by atoms with Crippen molar-refractivity contribution in [1.29, 1.82) is 0 Å². The van der Waals surface area contributed by atoms with Crippen molar-refractivity contribution in [2.45, 2.75) is 59.2 Å². The second kappa shape index (κ2) is 9.55. The van der Waals surface area contributed by atoms with Crippen LogP contribution in [0.15, 0.2) is 77.6 Å². The van der Waals surface area contributed by atoms with Gasteiger partial charge in [0.2, 0.25) is 0 Å². The molecule has 0 amide bonds. The van der Waals surface area contributed by atoms with E-state index in [1.165, 1.54) is 23.3 Å². The van der Waals surface area contributed by atoms with Gasteiger partial charge in [-0.3, -0.25) is 9.69 Å². The molecule has 176 valence electrons. The molecule has 1 N–H and O–H groups in total. The van der Waals surface area contributed by atoms with E-state index < -0.39 is 0 Å². The summed E-state index contributed by atoms with van der Waals surface area (Å²) in [5, 5.41) is 1.03. The number of nitrogens with one attached hydrogen (secondary N) is 1. The number of rotatable bonds is 6. The number of hydrogen-bond donors (Lipinski definition) is 1. The molecule has 0 saturated carbocycles. The number of aryl methyl sites for hydroxylation is 1. The lowest BCUT2D eigenvalue weighted by molar-refractivity contribution is 0.191. The molecule has 4 aromatic rings. The summed E-state index contributed by atoms with van der Waals surface area (Å²) in [7, 11) is 0. The molecule has 1 heterocycles. The van der Waals surface area contributed by atoms with Crippen LogP contribution < -0.4 is 5.56 Å². The van der Waals surface area contributed by atoms with Gasteiger partial charge in [0.05, 0.1) is 0 Å². The Morgan fingerprint density at radius 3 is 2.24 bits per heavy atom. The van der Waals surface area contributed by atoms with Crippen molar-refractivity contribution in [2.24, 2.45) is 0 Å². The third-order valence-electron chi connectivity index (χ3n) is 6.56. The molecular weight excluding hydrogens is 423 g/mol. The van der Waals surface area contributed by atoms with E-state index in [1.807, 2.05) is 37.3 Å². The van der Waals surface area contributed by atoms with Gasteiger partial charge in [-0.1, -0.05) is 68.8 Å². The molecule has 0 bridgehead atoms. The second-order valence-corrected chi connectivity index (χ2v) is 10.3. The first-order valence-corrected chi connectivity index (χ1v) is 11.8. The highest BCUT2D eigenvalue weighted by molar-refractivity contribution is 5.79. The molecule has 0 fully saturated rings. The maximum Gasteiger partial charge on any atom is 0.252 e. The Morgan fingerprint density at radius 1 is 0.912 bits per heavy atom. The van der Waals surface area contributed by atoms with Crippen molar-refractivity contribution in [3.8, 4) is 0 Å². The Kier molecular flexibility index (Phi) is 6.72. The van der Waals surface area contributed by atoms with E-state index >= 15 is 0 Å². The van der Waals surface area contributed by atoms with Crippen molar-refractivity contribution in [3.05, 3.63) is 117 Å². The van der Waals surface area contributed by atoms with Crippen LogP contribution in [0.2, 0.25) is 0 Å². The fourth-order valence-corrected chi connectivity index (χ4v) is 4.33. The zero-order valence-electron chi connectivity index (χ0n) is 20.7. The van der Waals surface area contributed by atoms with Crippen molar-refractivity contribution in [3.63, 3.8) is 0 Å². The summed E-state index contributed by atoms with van der Waals surface area (Å²) < 4.78 is 13.6. The predicted molar refractivity (Wildman–Crippen MR) is 139 cm³/mol. The minimum atomic E-state index is -0.249. The number of halogens is 1. The molecule has 0 aliphatic rings. The fraction of sp³-hybridized carbons (Fsp3) is 0.300. The van der Waals surface area contributed by atoms with Gasteiger partial charge in [-0.25, -0.2) is 4.39 Å². The van der Waals surface area contributed by atoms with Crippen LogP contribution >= 0.6 is 0 Å². The average Bonchev–Trinajstić information content (AvgIpc) is 2.79. The number of hydrogen-bond acceptors (Lipinski definition) is 2. The summed E-state index contributed by atoms with van der Waals surface area (Å²) in [5.41, 5.74) is 6.22. The van der Waals surface area contributed by atoms with Gasteiger partial charge < -0.3 is 4.98 Å². The van der Waals surface area contributed by atoms with Crippen molar-refractivity contribution in [2.75, 3.05) is 0 Å². The number of nitrogens with zero attached hydrogens (tertiary/aromatic N) is 1. The molecule has 0 radical (unpaired) electrons. The quantitative estimate of drug-likeness (QED) is 0.338. The van der Waals surface area contributed by atoms with E-state index in [1.54, 1.807) is 0 Å². The molecule has 1 aromatic heterocycles. The summed E-state index contributed by atoms with van der Waals surface area (Å²) >= 11 is 0. The number of pyridine rings is 1. The first-order chi connectivity index (χ1) is 16.1. The lowest BCUT2D eigenvalue weighted by Crippen LogP contribution is -2.29. The molecule has 3 nitrogen and oxygen atoms in total. The number of benzene rings is 3. The predicted octanol–water partition coefficient (Wildman–Crippen LogP) is 7.04. The number of fused-ring (bicyclic) bond motifs is 1. The zero-order chi connectivity index (χ0) is 24.5. The molecule has 4 rings (SSSR count). The summed E-state index contributed by atoms with van der Waals surface area (Å²) in [6.07, 6.45) is 0. The average molecular weight is 457 g/mol. The van der Waals surface area contributed by atoms with Gasteiger partial charge in [0.15, 0.2) is 0 Å². The smallest absolute Gasteiger partial charge is 0.252 e. The Hall–Kier alpha value is -3.24. The highest BCUT2D eigenvalue weighted by atomic mass is 19.1. The van der Waals surface area contributed by atoms with E-state index in [0.29, 0.717) is 13.1 Å². The van der Waals surface area contributed by atoms with Crippen LogP contribution in [0, 0.1) is 12.7 Å². The first kappa shape index (κ1) is 23.9. The van der Waals surface area contributed by atoms with Crippen LogP contribution in [-0.4, -0.2) is 9.88 Å². The molecule has 0 spiro atoms. The molecular formula is C30H33FN2O. The van der Waals surface area contributed by atoms with Crippen molar-refractivity contribution in [1.82, 2.24) is 9.88 Å². The zero-order valence-corrected chi connectivity index (χ0v) is 20.7. The molecule has 0 aliphatic carbocycles. The van der Waals surface area contributed by atoms with Gasteiger partial charge in [0.1, 0.15) is 5.82 Å². The van der Waals surface area contributed by atoms with E-state index in [4.69, 9.17) is 0 Å². The molecule has 4 heteroatoms. The normalized spacial score (nSPS) is 12.9. The van der Waals surface area contributed by atoms with Gasteiger partial charge >= 0.3 is 0 Å². The Labute approximate surface area is 201 Å². The number of aromatic amines is 1. The summed E-state index contributed by atoms with van der Waals surface area (Å²) in [6.45, 7) is 11.9. The minimum Gasteiger partial charge on any atom is -0.322 e. The SMILES string of the molecule is Cc1ccc2[nH]c(=O)c(CN(Cc3ccc(C(C)(C)C)cc3)[C@@H](C)c3ccc(F)cc3)cc2c1. The van der Waals surface area contributed by atoms with Gasteiger partial charge in [-0.2, -0.15) is 0 Å². The number of aromatic nitrogens is 1. The maximum atomic E-state index is 13.6. The summed E-state index contributed by atoms with van der Waals surface area (Å²) in [5.74, 6) is -0.249. The van der Waals surface area contributed by atoms with Crippen LogP contribution in [0.1, 0.15) is 61.6 Å². The molecule has 3 aromatic carbocycles. The summed E-state index contributed by atoms with van der Waals surface area (Å²) in [4.78, 5) is 18.2. The lowest BCUT2D eigenvalue weighted by atomic mass is 9.86. The van der Waals surface area contributed by atoms with Crippen LogP contribution in [0.25, 0.3) is 10.9 Å². The highest BCUT2D eigenvalue weighted by Crippen LogP contribution is 2.27. The van der Waals surface area contributed by atoms with E-state index in [9.17, 15) is 9.18 Å².